The second-order valence-corrected chi connectivity index (χ2v) is 8.65. The topological polar surface area (TPSA) is 66.9 Å². The van der Waals surface area contributed by atoms with Crippen molar-refractivity contribution in [3.8, 4) is 11.1 Å². The van der Waals surface area contributed by atoms with Crippen LogP contribution < -0.4 is 10.6 Å². The Labute approximate surface area is 201 Å². The van der Waals surface area contributed by atoms with Gasteiger partial charge >= 0.3 is 0 Å². The maximum Gasteiger partial charge on any atom is 0.246 e. The molecule has 0 spiro atoms. The molecule has 0 saturated carbocycles. The molecule has 1 aromatic heterocycles. The molecule has 2 N–H and O–H groups in total. The Morgan fingerprint density at radius 3 is 2.09 bits per heavy atom. The molecule has 0 bridgehead atoms. The molecule has 0 radical (unpaired) electrons. The SMILES string of the molecule is Cc1ccc([C@@H](C)CN[C@@H](C(=O)Nc2ccc(-c3cnc(C)nc3)cc2)c2ccccc2)cc1. The van der Waals surface area contributed by atoms with Gasteiger partial charge in [0.1, 0.15) is 11.9 Å². The van der Waals surface area contributed by atoms with Gasteiger partial charge in [-0.05, 0) is 48.6 Å². The first kappa shape index (κ1) is 23.3. The fraction of sp³-hybridized carbons (Fsp3) is 0.207. The molecule has 0 saturated heterocycles. The quantitative estimate of drug-likeness (QED) is 0.354. The minimum absolute atomic E-state index is 0.0891. The maximum absolute atomic E-state index is 13.3. The van der Waals surface area contributed by atoms with Crippen LogP contribution in [0.15, 0.2) is 91.3 Å². The number of aromatic nitrogens is 2. The van der Waals surface area contributed by atoms with Crippen molar-refractivity contribution >= 4 is 11.6 Å². The van der Waals surface area contributed by atoms with E-state index in [1.54, 1.807) is 12.4 Å². The molecule has 34 heavy (non-hydrogen) atoms. The minimum Gasteiger partial charge on any atom is -0.324 e. The van der Waals surface area contributed by atoms with Crippen molar-refractivity contribution in [3.05, 3.63) is 114 Å². The van der Waals surface area contributed by atoms with Crippen LogP contribution >= 0.6 is 0 Å². The molecule has 2 atom stereocenters. The summed E-state index contributed by atoms with van der Waals surface area (Å²) < 4.78 is 0. The Kier molecular flexibility index (Phi) is 7.45. The number of amides is 1. The van der Waals surface area contributed by atoms with E-state index in [2.05, 4.69) is 58.7 Å². The zero-order chi connectivity index (χ0) is 23.9. The van der Waals surface area contributed by atoms with Gasteiger partial charge in [-0.2, -0.15) is 0 Å². The molecule has 3 aromatic carbocycles. The second kappa shape index (κ2) is 10.9. The van der Waals surface area contributed by atoms with E-state index in [1.807, 2.05) is 61.5 Å². The Balaban J connectivity index is 1.46. The number of hydrogen-bond donors (Lipinski definition) is 2. The molecule has 0 unspecified atom stereocenters. The normalized spacial score (nSPS) is 12.7. The molecule has 1 heterocycles. The van der Waals surface area contributed by atoms with Crippen molar-refractivity contribution in [2.45, 2.75) is 32.7 Å². The van der Waals surface area contributed by atoms with Crippen LogP contribution in [0.1, 0.15) is 41.4 Å². The van der Waals surface area contributed by atoms with Crippen LogP contribution in [0.5, 0.6) is 0 Å². The minimum atomic E-state index is -0.459. The first-order valence-corrected chi connectivity index (χ1v) is 11.5. The van der Waals surface area contributed by atoms with Gasteiger partial charge in [0.2, 0.25) is 5.91 Å². The van der Waals surface area contributed by atoms with Crippen molar-refractivity contribution in [2.75, 3.05) is 11.9 Å². The van der Waals surface area contributed by atoms with Crippen LogP contribution in [0.2, 0.25) is 0 Å². The van der Waals surface area contributed by atoms with E-state index in [0.29, 0.717) is 6.54 Å². The number of aryl methyl sites for hydroxylation is 2. The molecule has 172 valence electrons. The lowest BCUT2D eigenvalue weighted by molar-refractivity contribution is -0.118. The van der Waals surface area contributed by atoms with Gasteiger partial charge in [0.15, 0.2) is 0 Å². The molecular formula is C29H30N4O. The molecule has 0 aliphatic heterocycles. The summed E-state index contributed by atoms with van der Waals surface area (Å²) in [6.07, 6.45) is 3.61. The van der Waals surface area contributed by atoms with Crippen LogP contribution in [-0.4, -0.2) is 22.4 Å². The summed E-state index contributed by atoms with van der Waals surface area (Å²) in [7, 11) is 0. The predicted octanol–water partition coefficient (Wildman–Crippen LogP) is 5.83. The molecule has 5 nitrogen and oxygen atoms in total. The number of benzene rings is 3. The van der Waals surface area contributed by atoms with Gasteiger partial charge in [0.25, 0.3) is 0 Å². The van der Waals surface area contributed by atoms with Gasteiger partial charge in [0, 0.05) is 30.2 Å². The molecule has 0 aliphatic carbocycles. The van der Waals surface area contributed by atoms with Gasteiger partial charge in [-0.1, -0.05) is 79.2 Å². The summed E-state index contributed by atoms with van der Waals surface area (Å²) >= 11 is 0. The van der Waals surface area contributed by atoms with Gasteiger partial charge in [-0.15, -0.1) is 0 Å². The second-order valence-electron chi connectivity index (χ2n) is 8.65. The van der Waals surface area contributed by atoms with E-state index < -0.39 is 6.04 Å². The van der Waals surface area contributed by atoms with Gasteiger partial charge < -0.3 is 10.6 Å². The Bertz CT molecular complexity index is 1200. The Morgan fingerprint density at radius 2 is 1.44 bits per heavy atom. The summed E-state index contributed by atoms with van der Waals surface area (Å²) in [5.41, 5.74) is 6.12. The lowest BCUT2D eigenvalue weighted by Crippen LogP contribution is -2.35. The van der Waals surface area contributed by atoms with Crippen LogP contribution in [0.25, 0.3) is 11.1 Å². The van der Waals surface area contributed by atoms with E-state index in [4.69, 9.17) is 0 Å². The highest BCUT2D eigenvalue weighted by atomic mass is 16.2. The lowest BCUT2D eigenvalue weighted by atomic mass is 9.98. The van der Waals surface area contributed by atoms with E-state index in [-0.39, 0.29) is 11.8 Å². The number of nitrogens with one attached hydrogen (secondary N) is 2. The third kappa shape index (κ3) is 5.94. The highest BCUT2D eigenvalue weighted by Gasteiger charge is 2.21. The van der Waals surface area contributed by atoms with Crippen molar-refractivity contribution in [2.24, 2.45) is 0 Å². The zero-order valence-electron chi connectivity index (χ0n) is 19.8. The van der Waals surface area contributed by atoms with E-state index in [1.165, 1.54) is 11.1 Å². The third-order valence-corrected chi connectivity index (χ3v) is 5.94. The number of carbonyl (C=O) groups excluding carboxylic acids is 1. The largest absolute Gasteiger partial charge is 0.324 e. The predicted molar refractivity (Wildman–Crippen MR) is 138 cm³/mol. The Hall–Kier alpha value is -3.83. The highest BCUT2D eigenvalue weighted by molar-refractivity contribution is 5.95. The van der Waals surface area contributed by atoms with Gasteiger partial charge in [-0.25, -0.2) is 9.97 Å². The van der Waals surface area contributed by atoms with Gasteiger partial charge in [-0.3, -0.25) is 4.79 Å². The fourth-order valence-corrected chi connectivity index (χ4v) is 3.82. The molecule has 1 amide bonds. The van der Waals surface area contributed by atoms with Crippen LogP contribution in [0.3, 0.4) is 0 Å². The summed E-state index contributed by atoms with van der Waals surface area (Å²) in [6.45, 7) is 6.80. The van der Waals surface area contributed by atoms with Crippen LogP contribution in [0, 0.1) is 13.8 Å². The van der Waals surface area contributed by atoms with Crippen molar-refractivity contribution in [1.82, 2.24) is 15.3 Å². The third-order valence-electron chi connectivity index (χ3n) is 5.94. The van der Waals surface area contributed by atoms with E-state index in [9.17, 15) is 4.79 Å². The first-order valence-electron chi connectivity index (χ1n) is 11.5. The summed E-state index contributed by atoms with van der Waals surface area (Å²) in [5.74, 6) is 0.924. The molecule has 4 rings (SSSR count). The summed E-state index contributed by atoms with van der Waals surface area (Å²) in [6, 6.07) is 25.7. The molecule has 5 heteroatoms. The highest BCUT2D eigenvalue weighted by Crippen LogP contribution is 2.22. The molecule has 4 aromatic rings. The average molecular weight is 451 g/mol. The van der Waals surface area contributed by atoms with E-state index >= 15 is 0 Å². The number of carbonyl (C=O) groups is 1. The van der Waals surface area contributed by atoms with E-state index in [0.717, 1.165) is 28.2 Å². The first-order chi connectivity index (χ1) is 16.5. The van der Waals surface area contributed by atoms with Crippen molar-refractivity contribution in [3.63, 3.8) is 0 Å². The number of anilines is 1. The number of nitrogens with zero attached hydrogens (tertiary/aromatic N) is 2. The molecule has 0 fully saturated rings. The van der Waals surface area contributed by atoms with Crippen molar-refractivity contribution < 1.29 is 4.79 Å². The monoisotopic (exact) mass is 450 g/mol. The number of hydrogen-bond acceptors (Lipinski definition) is 4. The standard InChI is InChI=1S/C29H30N4O/c1-20-9-11-23(12-10-20)21(2)17-32-28(25-7-5-4-6-8-25)29(34)33-27-15-13-24(14-16-27)26-18-30-22(3)31-19-26/h4-16,18-19,21,28,32H,17H2,1-3H3,(H,33,34)/t21-,28+/m0/s1. The van der Waals surface area contributed by atoms with Crippen LogP contribution in [0.4, 0.5) is 5.69 Å². The smallest absolute Gasteiger partial charge is 0.246 e. The average Bonchev–Trinajstić information content (AvgIpc) is 2.86. The molecular weight excluding hydrogens is 420 g/mol. The zero-order valence-corrected chi connectivity index (χ0v) is 19.8. The lowest BCUT2D eigenvalue weighted by Gasteiger charge is -2.22. The van der Waals surface area contributed by atoms with Crippen molar-refractivity contribution in [1.29, 1.82) is 0 Å². The maximum atomic E-state index is 13.3. The fourth-order valence-electron chi connectivity index (χ4n) is 3.82. The van der Waals surface area contributed by atoms with Crippen LogP contribution in [-0.2, 0) is 4.79 Å². The summed E-state index contributed by atoms with van der Waals surface area (Å²) in [5, 5.41) is 6.55. The molecule has 0 aliphatic rings. The summed E-state index contributed by atoms with van der Waals surface area (Å²) in [4.78, 5) is 21.8. The Morgan fingerprint density at radius 1 is 0.794 bits per heavy atom. The number of rotatable bonds is 8. The van der Waals surface area contributed by atoms with Gasteiger partial charge in [0.05, 0.1) is 0 Å².